The number of guanidine groups is 1. The number of fused-ring (bicyclic) bond motifs is 1. The summed E-state index contributed by atoms with van der Waals surface area (Å²) in [6, 6.07) is -0.439. The smallest absolute Gasteiger partial charge is 0.325 e. The zero-order chi connectivity index (χ0) is 24.9. The fraction of sp³-hybridized carbons (Fsp3) is 0.783. The molecular formula is C23H38N6O5. The molecule has 2 aliphatic heterocycles. The Morgan fingerprint density at radius 1 is 1.21 bits per heavy atom. The van der Waals surface area contributed by atoms with Crippen LogP contribution in [0.2, 0.25) is 0 Å². The molecule has 3 aliphatic rings. The molecule has 0 bridgehead atoms. The van der Waals surface area contributed by atoms with Gasteiger partial charge in [-0.05, 0) is 46.5 Å². The van der Waals surface area contributed by atoms with Gasteiger partial charge in [0.1, 0.15) is 18.2 Å². The summed E-state index contributed by atoms with van der Waals surface area (Å²) in [5.41, 5.74) is -0.612. The van der Waals surface area contributed by atoms with E-state index >= 15 is 0 Å². The van der Waals surface area contributed by atoms with Gasteiger partial charge in [0.2, 0.25) is 5.91 Å². The van der Waals surface area contributed by atoms with E-state index in [4.69, 9.17) is 4.74 Å². The maximum absolute atomic E-state index is 12.6. The molecule has 34 heavy (non-hydrogen) atoms. The number of rotatable bonds is 9. The van der Waals surface area contributed by atoms with Crippen LogP contribution >= 0.6 is 0 Å². The molecule has 4 N–H and O–H groups in total. The number of amides is 4. The fourth-order valence-electron chi connectivity index (χ4n) is 4.30. The van der Waals surface area contributed by atoms with Crippen molar-refractivity contribution in [2.75, 3.05) is 19.6 Å². The van der Waals surface area contributed by atoms with Gasteiger partial charge in [-0.25, -0.2) is 9.79 Å². The third-order valence-electron chi connectivity index (χ3n) is 6.13. The van der Waals surface area contributed by atoms with Gasteiger partial charge in [0.05, 0.1) is 18.0 Å². The molecule has 1 aliphatic carbocycles. The zero-order valence-electron chi connectivity index (χ0n) is 20.6. The van der Waals surface area contributed by atoms with Crippen LogP contribution in [0.25, 0.3) is 0 Å². The minimum atomic E-state index is -0.649. The number of nitrogens with zero attached hydrogens (tertiary/aromatic N) is 2. The van der Waals surface area contributed by atoms with Gasteiger partial charge < -0.3 is 26.0 Å². The number of esters is 1. The number of hydrogen-bond acceptors (Lipinski definition) is 8. The maximum Gasteiger partial charge on any atom is 0.325 e. The Morgan fingerprint density at radius 3 is 2.65 bits per heavy atom. The summed E-state index contributed by atoms with van der Waals surface area (Å²) in [6.07, 6.45) is 5.85. The Labute approximate surface area is 200 Å². The Bertz CT molecular complexity index is 823. The van der Waals surface area contributed by atoms with E-state index < -0.39 is 41.4 Å². The van der Waals surface area contributed by atoms with E-state index in [2.05, 4.69) is 26.3 Å². The molecule has 3 rings (SSSR count). The summed E-state index contributed by atoms with van der Waals surface area (Å²) in [6.45, 7) is 7.26. The van der Waals surface area contributed by atoms with Crippen LogP contribution in [-0.4, -0.2) is 78.0 Å². The van der Waals surface area contributed by atoms with Crippen LogP contribution in [0.1, 0.15) is 66.2 Å². The van der Waals surface area contributed by atoms with Gasteiger partial charge in [0.15, 0.2) is 5.96 Å². The van der Waals surface area contributed by atoms with Crippen molar-refractivity contribution in [1.29, 1.82) is 0 Å². The van der Waals surface area contributed by atoms with Crippen molar-refractivity contribution in [3.05, 3.63) is 0 Å². The molecule has 2 fully saturated rings. The molecule has 2 heterocycles. The van der Waals surface area contributed by atoms with Gasteiger partial charge in [-0.2, -0.15) is 0 Å². The number of imide groups is 1. The van der Waals surface area contributed by atoms with Crippen LogP contribution < -0.4 is 21.3 Å². The molecule has 11 nitrogen and oxygen atoms in total. The summed E-state index contributed by atoms with van der Waals surface area (Å²) >= 11 is 0. The first-order valence-corrected chi connectivity index (χ1v) is 12.2. The molecule has 1 saturated carbocycles. The van der Waals surface area contributed by atoms with Crippen LogP contribution in [0.3, 0.4) is 0 Å². The number of carbonyl (C=O) groups is 4. The summed E-state index contributed by atoms with van der Waals surface area (Å²) in [5.74, 6) is -1.07. The number of ether oxygens (including phenoxy) is 1. The van der Waals surface area contributed by atoms with E-state index in [1.165, 1.54) is 12.8 Å². The molecule has 1 saturated heterocycles. The van der Waals surface area contributed by atoms with Crippen LogP contribution in [-0.2, 0) is 19.1 Å². The lowest BCUT2D eigenvalue weighted by Crippen LogP contribution is -2.43. The third kappa shape index (κ3) is 7.07. The quantitative estimate of drug-likeness (QED) is 0.216. The van der Waals surface area contributed by atoms with Crippen LogP contribution in [0.15, 0.2) is 4.99 Å². The first-order valence-electron chi connectivity index (χ1n) is 12.2. The lowest BCUT2D eigenvalue weighted by molar-refractivity contribution is -0.159. The van der Waals surface area contributed by atoms with Gasteiger partial charge in [0.25, 0.3) is 5.91 Å². The number of hydrogen-bond donors (Lipinski definition) is 4. The molecule has 0 aromatic carbocycles. The SMILES string of the molecule is C[C@@H](CNC(=O)CN1C(=O)N[C@@H](CCCNC2=N[C@H]3CCCC[C@H]3N2)C1=O)C(=O)OC(C)(C)C. The van der Waals surface area contributed by atoms with Gasteiger partial charge in [0, 0.05) is 13.1 Å². The highest BCUT2D eigenvalue weighted by molar-refractivity contribution is 6.06. The molecule has 4 amide bonds. The van der Waals surface area contributed by atoms with Crippen molar-refractivity contribution in [3.8, 4) is 0 Å². The highest BCUT2D eigenvalue weighted by Crippen LogP contribution is 2.24. The van der Waals surface area contributed by atoms with E-state index in [1.54, 1.807) is 27.7 Å². The largest absolute Gasteiger partial charge is 0.460 e. The number of aliphatic imine (C=N–C) groups is 1. The van der Waals surface area contributed by atoms with Gasteiger partial charge in [-0.15, -0.1) is 0 Å². The molecule has 0 aromatic rings. The Morgan fingerprint density at radius 2 is 1.94 bits per heavy atom. The Hall–Kier alpha value is -2.85. The second kappa shape index (κ2) is 11.1. The van der Waals surface area contributed by atoms with E-state index in [9.17, 15) is 19.2 Å². The Balaban J connectivity index is 1.35. The van der Waals surface area contributed by atoms with Crippen LogP contribution in [0, 0.1) is 5.92 Å². The predicted octanol–water partition coefficient (Wildman–Crippen LogP) is 0.641. The summed E-state index contributed by atoms with van der Waals surface area (Å²) in [5, 5.41) is 11.9. The average molecular weight is 479 g/mol. The molecule has 11 heteroatoms. The van der Waals surface area contributed by atoms with Crippen molar-refractivity contribution in [1.82, 2.24) is 26.2 Å². The van der Waals surface area contributed by atoms with Crippen molar-refractivity contribution < 1.29 is 23.9 Å². The summed E-state index contributed by atoms with van der Waals surface area (Å²) < 4.78 is 5.28. The minimum Gasteiger partial charge on any atom is -0.460 e. The van der Waals surface area contributed by atoms with E-state index in [1.807, 2.05) is 0 Å². The lowest BCUT2D eigenvalue weighted by atomic mass is 9.92. The zero-order valence-corrected chi connectivity index (χ0v) is 20.6. The number of carbonyl (C=O) groups excluding carboxylic acids is 4. The first-order chi connectivity index (χ1) is 16.0. The first kappa shape index (κ1) is 25.8. The minimum absolute atomic E-state index is 0.0616. The molecule has 0 unspecified atom stereocenters. The normalized spacial score (nSPS) is 25.1. The van der Waals surface area contributed by atoms with E-state index in [0.717, 1.165) is 23.7 Å². The topological polar surface area (TPSA) is 141 Å². The predicted molar refractivity (Wildman–Crippen MR) is 126 cm³/mol. The number of nitrogens with one attached hydrogen (secondary N) is 4. The molecule has 4 atom stereocenters. The Kier molecular flexibility index (Phi) is 8.37. The molecule has 0 spiro atoms. The highest BCUT2D eigenvalue weighted by atomic mass is 16.6. The van der Waals surface area contributed by atoms with Crippen molar-refractivity contribution in [3.63, 3.8) is 0 Å². The lowest BCUT2D eigenvalue weighted by Gasteiger charge is -2.23. The van der Waals surface area contributed by atoms with Crippen LogP contribution in [0.4, 0.5) is 4.79 Å². The second-order valence-corrected chi connectivity index (χ2v) is 10.3. The standard InChI is InChI=1S/C23H38N6O5/c1-14(20(32)34-23(2,3)4)12-25-18(30)13-29-19(31)17(28-22(29)33)10-7-11-24-21-26-15-8-5-6-9-16(15)27-21/h14-17H,5-13H2,1-4H3,(H,25,30)(H,28,33)(H2,24,26,27)/t14-,15-,16+,17-/m0/s1. The van der Waals surface area contributed by atoms with E-state index in [0.29, 0.717) is 31.5 Å². The number of urea groups is 1. The molecule has 0 radical (unpaired) electrons. The summed E-state index contributed by atoms with van der Waals surface area (Å²) in [4.78, 5) is 54.7. The van der Waals surface area contributed by atoms with Crippen molar-refractivity contribution in [2.24, 2.45) is 10.9 Å². The molecular weight excluding hydrogens is 440 g/mol. The van der Waals surface area contributed by atoms with Gasteiger partial charge >= 0.3 is 12.0 Å². The maximum atomic E-state index is 12.6. The fourth-order valence-corrected chi connectivity index (χ4v) is 4.30. The summed E-state index contributed by atoms with van der Waals surface area (Å²) in [7, 11) is 0. The van der Waals surface area contributed by atoms with Crippen LogP contribution in [0.5, 0.6) is 0 Å². The molecule has 190 valence electrons. The second-order valence-electron chi connectivity index (χ2n) is 10.3. The highest BCUT2D eigenvalue weighted by Gasteiger charge is 2.38. The molecule has 0 aromatic heterocycles. The van der Waals surface area contributed by atoms with Gasteiger partial charge in [-0.3, -0.25) is 19.3 Å². The third-order valence-corrected chi connectivity index (χ3v) is 6.13. The average Bonchev–Trinajstić information content (AvgIpc) is 3.29. The van der Waals surface area contributed by atoms with E-state index in [-0.39, 0.29) is 13.1 Å². The van der Waals surface area contributed by atoms with Crippen molar-refractivity contribution in [2.45, 2.75) is 89.9 Å². The van der Waals surface area contributed by atoms with Crippen molar-refractivity contribution >= 4 is 29.8 Å². The monoisotopic (exact) mass is 478 g/mol. The van der Waals surface area contributed by atoms with Gasteiger partial charge in [-0.1, -0.05) is 19.8 Å².